The van der Waals surface area contributed by atoms with E-state index in [1.54, 1.807) is 11.1 Å². The van der Waals surface area contributed by atoms with Gasteiger partial charge < -0.3 is 0 Å². The van der Waals surface area contributed by atoms with E-state index >= 15 is 0 Å². The molecule has 2 aliphatic carbocycles. The van der Waals surface area contributed by atoms with Crippen molar-refractivity contribution in [2.75, 3.05) is 13.1 Å². The van der Waals surface area contributed by atoms with Crippen molar-refractivity contribution in [1.29, 1.82) is 0 Å². The topological polar surface area (TPSA) is 3.24 Å². The Kier molecular flexibility index (Phi) is 3.37. The molecule has 0 aromatic heterocycles. The maximum absolute atomic E-state index is 2.87. The summed E-state index contributed by atoms with van der Waals surface area (Å²) in [6, 6.07) is 10.2. The van der Waals surface area contributed by atoms with Gasteiger partial charge in [-0.2, -0.15) is 0 Å². The van der Waals surface area contributed by atoms with Gasteiger partial charge in [-0.3, -0.25) is 4.90 Å². The highest BCUT2D eigenvalue weighted by Crippen LogP contribution is 2.52. The average Bonchev–Trinajstić information content (AvgIpc) is 3.33. The summed E-state index contributed by atoms with van der Waals surface area (Å²) < 4.78 is 0. The van der Waals surface area contributed by atoms with Gasteiger partial charge in [0.2, 0.25) is 0 Å². The highest BCUT2D eigenvalue weighted by molar-refractivity contribution is 5.40. The molecule has 1 aliphatic heterocycles. The van der Waals surface area contributed by atoms with Crippen LogP contribution in [-0.2, 0) is 11.8 Å². The first-order valence-corrected chi connectivity index (χ1v) is 9.11. The molecule has 0 N–H and O–H groups in total. The van der Waals surface area contributed by atoms with E-state index in [2.05, 4.69) is 43.0 Å². The van der Waals surface area contributed by atoms with Crippen LogP contribution in [0.2, 0.25) is 0 Å². The van der Waals surface area contributed by atoms with Gasteiger partial charge in [-0.1, -0.05) is 44.5 Å². The lowest BCUT2D eigenvalue weighted by atomic mass is 9.55. The Labute approximate surface area is 129 Å². The summed E-state index contributed by atoms with van der Waals surface area (Å²) in [6.07, 6.45) is 8.29. The lowest BCUT2D eigenvalue weighted by Crippen LogP contribution is -2.59. The Balaban J connectivity index is 1.74. The summed E-state index contributed by atoms with van der Waals surface area (Å²) in [5.74, 6) is 1.89. The fourth-order valence-corrected chi connectivity index (χ4v) is 5.48. The fraction of sp³-hybridized carbons (Fsp3) is 0.700. The second-order valence-electron chi connectivity index (χ2n) is 7.64. The first-order chi connectivity index (χ1) is 10.3. The maximum atomic E-state index is 2.87. The summed E-state index contributed by atoms with van der Waals surface area (Å²) >= 11 is 0. The molecule has 3 atom stereocenters. The molecule has 3 unspecified atom stereocenters. The van der Waals surface area contributed by atoms with Crippen LogP contribution in [0.4, 0.5) is 0 Å². The zero-order valence-corrected chi connectivity index (χ0v) is 13.6. The highest BCUT2D eigenvalue weighted by Gasteiger charge is 2.51. The Hall–Kier alpha value is -0.820. The number of benzene rings is 1. The van der Waals surface area contributed by atoms with E-state index in [4.69, 9.17) is 0 Å². The van der Waals surface area contributed by atoms with Gasteiger partial charge in [0, 0.05) is 18.0 Å². The SMILES string of the molecule is CCC1C2Cc3ccccc3C1(CC)CCN2CC1CC1. The van der Waals surface area contributed by atoms with Crippen molar-refractivity contribution in [3.05, 3.63) is 35.4 Å². The van der Waals surface area contributed by atoms with E-state index in [1.165, 1.54) is 51.6 Å². The molecule has 2 fully saturated rings. The van der Waals surface area contributed by atoms with Crippen LogP contribution in [0.15, 0.2) is 24.3 Å². The molecule has 4 rings (SSSR count). The Morgan fingerprint density at radius 2 is 2.00 bits per heavy atom. The van der Waals surface area contributed by atoms with E-state index in [9.17, 15) is 0 Å². The number of hydrogen-bond acceptors (Lipinski definition) is 1. The van der Waals surface area contributed by atoms with Crippen LogP contribution in [0.3, 0.4) is 0 Å². The van der Waals surface area contributed by atoms with Gasteiger partial charge in [0.1, 0.15) is 0 Å². The van der Waals surface area contributed by atoms with Crippen molar-refractivity contribution in [1.82, 2.24) is 4.90 Å². The standard InChI is InChI=1S/C20H29N/c1-3-17-19-13-16-7-5-6-8-18(16)20(17,4-2)11-12-21(19)14-15-9-10-15/h5-8,15,17,19H,3-4,9-14H2,1-2H3. The van der Waals surface area contributed by atoms with Crippen molar-refractivity contribution in [3.63, 3.8) is 0 Å². The molecule has 21 heavy (non-hydrogen) atoms. The predicted molar refractivity (Wildman–Crippen MR) is 88.6 cm³/mol. The van der Waals surface area contributed by atoms with Gasteiger partial charge in [0.15, 0.2) is 0 Å². The maximum Gasteiger partial charge on any atom is 0.0172 e. The van der Waals surface area contributed by atoms with Crippen molar-refractivity contribution < 1.29 is 0 Å². The van der Waals surface area contributed by atoms with Crippen LogP contribution in [-0.4, -0.2) is 24.0 Å². The molecular weight excluding hydrogens is 254 g/mol. The molecule has 3 aliphatic rings. The van der Waals surface area contributed by atoms with E-state index in [1.807, 2.05) is 0 Å². The van der Waals surface area contributed by atoms with E-state index in [0.29, 0.717) is 5.41 Å². The molecule has 1 nitrogen and oxygen atoms in total. The Bertz CT molecular complexity index is 518. The second-order valence-corrected chi connectivity index (χ2v) is 7.64. The lowest BCUT2D eigenvalue weighted by molar-refractivity contribution is 0.00674. The third-order valence-electron chi connectivity index (χ3n) is 6.73. The first kappa shape index (κ1) is 13.8. The normalized spacial score (nSPS) is 35.5. The molecule has 1 saturated heterocycles. The number of rotatable bonds is 4. The molecule has 0 amide bonds. The third-order valence-corrected chi connectivity index (χ3v) is 6.73. The second kappa shape index (κ2) is 5.12. The van der Waals surface area contributed by atoms with Gasteiger partial charge in [-0.05, 0) is 61.6 Å². The van der Waals surface area contributed by atoms with E-state index in [0.717, 1.165) is 17.9 Å². The van der Waals surface area contributed by atoms with E-state index in [-0.39, 0.29) is 0 Å². The largest absolute Gasteiger partial charge is 0.299 e. The number of likely N-dealkylation sites (tertiary alicyclic amines) is 1. The van der Waals surface area contributed by atoms with Gasteiger partial charge in [0.25, 0.3) is 0 Å². The minimum absolute atomic E-state index is 0.467. The molecule has 1 aromatic rings. The van der Waals surface area contributed by atoms with E-state index < -0.39 is 0 Å². The van der Waals surface area contributed by atoms with Crippen LogP contribution < -0.4 is 0 Å². The number of hydrogen-bond donors (Lipinski definition) is 0. The van der Waals surface area contributed by atoms with Crippen LogP contribution in [0, 0.1) is 11.8 Å². The van der Waals surface area contributed by atoms with Crippen LogP contribution in [0.25, 0.3) is 0 Å². The summed E-state index contributed by atoms with van der Waals surface area (Å²) in [5.41, 5.74) is 3.81. The number of nitrogens with zero attached hydrogens (tertiary/aromatic N) is 1. The third kappa shape index (κ3) is 2.08. The van der Waals surface area contributed by atoms with Gasteiger partial charge in [-0.15, -0.1) is 0 Å². The minimum Gasteiger partial charge on any atom is -0.299 e. The van der Waals surface area contributed by atoms with Crippen LogP contribution in [0.1, 0.15) is 57.1 Å². The summed E-state index contributed by atoms with van der Waals surface area (Å²) in [7, 11) is 0. The van der Waals surface area contributed by atoms with Gasteiger partial charge >= 0.3 is 0 Å². The molecule has 1 heterocycles. The number of piperidine rings is 1. The molecule has 0 radical (unpaired) electrons. The Morgan fingerprint density at radius 3 is 2.71 bits per heavy atom. The summed E-state index contributed by atoms with van der Waals surface area (Å²) in [6.45, 7) is 7.57. The highest BCUT2D eigenvalue weighted by atomic mass is 15.2. The molecule has 1 heteroatoms. The number of fused-ring (bicyclic) bond motifs is 4. The van der Waals surface area contributed by atoms with Crippen molar-refractivity contribution in [2.24, 2.45) is 11.8 Å². The van der Waals surface area contributed by atoms with Crippen molar-refractivity contribution in [2.45, 2.75) is 63.8 Å². The Morgan fingerprint density at radius 1 is 1.19 bits per heavy atom. The molecule has 1 saturated carbocycles. The van der Waals surface area contributed by atoms with Crippen molar-refractivity contribution in [3.8, 4) is 0 Å². The minimum atomic E-state index is 0.467. The van der Waals surface area contributed by atoms with Crippen LogP contribution in [0.5, 0.6) is 0 Å². The molecule has 0 spiro atoms. The predicted octanol–water partition coefficient (Wildman–Crippen LogP) is 4.40. The zero-order chi connectivity index (χ0) is 14.4. The monoisotopic (exact) mass is 283 g/mol. The zero-order valence-electron chi connectivity index (χ0n) is 13.6. The fourth-order valence-electron chi connectivity index (χ4n) is 5.48. The van der Waals surface area contributed by atoms with Gasteiger partial charge in [0.05, 0.1) is 0 Å². The van der Waals surface area contributed by atoms with Gasteiger partial charge in [-0.25, -0.2) is 0 Å². The first-order valence-electron chi connectivity index (χ1n) is 9.11. The van der Waals surface area contributed by atoms with Crippen molar-refractivity contribution >= 4 is 0 Å². The van der Waals surface area contributed by atoms with Crippen LogP contribution >= 0.6 is 0 Å². The quantitative estimate of drug-likeness (QED) is 0.791. The molecule has 114 valence electrons. The summed E-state index contributed by atoms with van der Waals surface area (Å²) in [5, 5.41) is 0. The lowest BCUT2D eigenvalue weighted by Gasteiger charge is -2.57. The average molecular weight is 283 g/mol. The molecule has 2 bridgehead atoms. The summed E-state index contributed by atoms with van der Waals surface area (Å²) in [4.78, 5) is 2.87. The molecule has 1 aromatic carbocycles. The molecular formula is C20H29N. The smallest absolute Gasteiger partial charge is 0.0172 e.